The molecule has 0 saturated heterocycles. The van der Waals surface area contributed by atoms with Gasteiger partial charge in [0.05, 0.1) is 12.2 Å². The van der Waals surface area contributed by atoms with Crippen molar-refractivity contribution >= 4 is 23.4 Å². The average molecular weight is 498 g/mol. The molecule has 37 heavy (non-hydrogen) atoms. The Hall–Kier alpha value is -4.73. The lowest BCUT2D eigenvalue weighted by Crippen LogP contribution is -2.39. The Morgan fingerprint density at radius 1 is 1.03 bits per heavy atom. The highest BCUT2D eigenvalue weighted by molar-refractivity contribution is 6.09. The van der Waals surface area contributed by atoms with Crippen LogP contribution in [0.3, 0.4) is 0 Å². The SMILES string of the molecule is CC(=O)N(C)Cc1nccn1-c1ccc(N2CCc3c(C(N)=O)nn(-c4ccc(C)cc4)c3C2=O)cc1. The predicted octanol–water partition coefficient (Wildman–Crippen LogP) is 2.65. The zero-order valence-electron chi connectivity index (χ0n) is 20.9. The van der Waals surface area contributed by atoms with Crippen LogP contribution in [0.15, 0.2) is 60.9 Å². The van der Waals surface area contributed by atoms with E-state index < -0.39 is 5.91 Å². The van der Waals surface area contributed by atoms with Crippen LogP contribution in [-0.4, -0.2) is 55.5 Å². The third kappa shape index (κ3) is 4.37. The van der Waals surface area contributed by atoms with Crippen molar-refractivity contribution in [2.45, 2.75) is 26.8 Å². The third-order valence-electron chi connectivity index (χ3n) is 6.60. The van der Waals surface area contributed by atoms with Crippen LogP contribution in [-0.2, 0) is 17.8 Å². The Bertz CT molecular complexity index is 1500. The molecule has 2 aromatic heterocycles. The van der Waals surface area contributed by atoms with Crippen molar-refractivity contribution in [3.05, 3.63) is 89.3 Å². The van der Waals surface area contributed by atoms with Crippen LogP contribution >= 0.6 is 0 Å². The number of fused-ring (bicyclic) bond motifs is 1. The van der Waals surface area contributed by atoms with Crippen LogP contribution in [0.1, 0.15) is 44.9 Å². The van der Waals surface area contributed by atoms with Gasteiger partial charge in [-0.3, -0.25) is 14.4 Å². The number of nitrogens with zero attached hydrogens (tertiary/aromatic N) is 6. The summed E-state index contributed by atoms with van der Waals surface area (Å²) in [6, 6.07) is 15.1. The lowest BCUT2D eigenvalue weighted by molar-refractivity contribution is -0.128. The summed E-state index contributed by atoms with van der Waals surface area (Å²) in [4.78, 5) is 45.1. The first-order valence-corrected chi connectivity index (χ1v) is 11.9. The van der Waals surface area contributed by atoms with Gasteiger partial charge in [-0.25, -0.2) is 9.67 Å². The Balaban J connectivity index is 1.46. The number of aromatic nitrogens is 4. The molecule has 3 amide bonds. The number of amides is 3. The van der Waals surface area contributed by atoms with E-state index in [4.69, 9.17) is 5.73 Å². The van der Waals surface area contributed by atoms with E-state index in [9.17, 15) is 14.4 Å². The van der Waals surface area contributed by atoms with Crippen molar-refractivity contribution in [3.8, 4) is 11.4 Å². The molecule has 2 aromatic carbocycles. The molecule has 2 N–H and O–H groups in total. The van der Waals surface area contributed by atoms with Gasteiger partial charge in [-0.15, -0.1) is 0 Å². The van der Waals surface area contributed by atoms with Crippen LogP contribution in [0, 0.1) is 6.92 Å². The molecule has 10 heteroatoms. The summed E-state index contributed by atoms with van der Waals surface area (Å²) in [5, 5.41) is 4.42. The molecule has 10 nitrogen and oxygen atoms in total. The molecule has 0 saturated carbocycles. The largest absolute Gasteiger partial charge is 0.364 e. The van der Waals surface area contributed by atoms with Gasteiger partial charge in [-0.05, 0) is 49.7 Å². The minimum atomic E-state index is -0.653. The van der Waals surface area contributed by atoms with E-state index in [1.807, 2.05) is 66.2 Å². The van der Waals surface area contributed by atoms with Crippen molar-refractivity contribution < 1.29 is 14.4 Å². The number of benzene rings is 2. The number of aryl methyl sites for hydroxylation is 1. The van der Waals surface area contributed by atoms with Gasteiger partial charge in [0.1, 0.15) is 11.5 Å². The number of anilines is 1. The normalized spacial score (nSPS) is 12.9. The quantitative estimate of drug-likeness (QED) is 0.439. The summed E-state index contributed by atoms with van der Waals surface area (Å²) in [6.07, 6.45) is 3.98. The molecular formula is C27H27N7O3. The minimum absolute atomic E-state index is 0.0442. The van der Waals surface area contributed by atoms with E-state index in [2.05, 4.69) is 10.1 Å². The highest BCUT2D eigenvalue weighted by atomic mass is 16.2. The molecule has 1 aliphatic heterocycles. The highest BCUT2D eigenvalue weighted by Crippen LogP contribution is 2.29. The summed E-state index contributed by atoms with van der Waals surface area (Å²) in [5.41, 5.74) is 9.98. The van der Waals surface area contributed by atoms with Crippen molar-refractivity contribution in [3.63, 3.8) is 0 Å². The summed E-state index contributed by atoms with van der Waals surface area (Å²) in [6.45, 7) is 4.26. The van der Waals surface area contributed by atoms with Gasteiger partial charge in [0.25, 0.3) is 11.8 Å². The first-order chi connectivity index (χ1) is 17.7. The molecule has 0 fully saturated rings. The minimum Gasteiger partial charge on any atom is -0.364 e. The summed E-state index contributed by atoms with van der Waals surface area (Å²) >= 11 is 0. The number of imidazole rings is 1. The van der Waals surface area contributed by atoms with Crippen molar-refractivity contribution in [1.82, 2.24) is 24.2 Å². The molecule has 0 aliphatic carbocycles. The van der Waals surface area contributed by atoms with E-state index in [0.717, 1.165) is 22.8 Å². The molecule has 1 aliphatic rings. The maximum Gasteiger partial charge on any atom is 0.277 e. The highest BCUT2D eigenvalue weighted by Gasteiger charge is 2.34. The standard InChI is InChI=1S/C27H27N7O3/c1-17-4-6-21(7-5-17)34-25-22(24(30-34)26(28)36)12-14-33(27(25)37)20-10-8-19(9-11-20)32-15-13-29-23(32)16-31(3)18(2)35/h4-11,13,15H,12,14,16H2,1-3H3,(H2,28,36). The second-order valence-corrected chi connectivity index (χ2v) is 9.10. The fraction of sp³-hybridized carbons (Fsp3) is 0.222. The monoisotopic (exact) mass is 497 g/mol. The number of hydrogen-bond donors (Lipinski definition) is 1. The second kappa shape index (κ2) is 9.38. The van der Waals surface area contributed by atoms with Gasteiger partial charge in [0.15, 0.2) is 5.69 Å². The van der Waals surface area contributed by atoms with Gasteiger partial charge in [-0.1, -0.05) is 17.7 Å². The average Bonchev–Trinajstić information content (AvgIpc) is 3.50. The summed E-state index contributed by atoms with van der Waals surface area (Å²) in [7, 11) is 1.73. The van der Waals surface area contributed by atoms with E-state index in [1.165, 1.54) is 11.6 Å². The fourth-order valence-electron chi connectivity index (χ4n) is 4.48. The number of primary amides is 1. The van der Waals surface area contributed by atoms with E-state index in [1.54, 1.807) is 23.0 Å². The third-order valence-corrected chi connectivity index (χ3v) is 6.60. The lowest BCUT2D eigenvalue weighted by Gasteiger charge is -2.28. The predicted molar refractivity (Wildman–Crippen MR) is 138 cm³/mol. The molecular weight excluding hydrogens is 470 g/mol. The number of rotatable bonds is 6. The smallest absolute Gasteiger partial charge is 0.277 e. The Kier molecular flexibility index (Phi) is 6.08. The van der Waals surface area contributed by atoms with Crippen molar-refractivity contribution in [1.29, 1.82) is 0 Å². The maximum absolute atomic E-state index is 13.7. The summed E-state index contributed by atoms with van der Waals surface area (Å²) < 4.78 is 3.42. The molecule has 0 atom stereocenters. The first-order valence-electron chi connectivity index (χ1n) is 11.9. The molecule has 0 unspecified atom stereocenters. The van der Waals surface area contributed by atoms with Crippen LogP contribution in [0.5, 0.6) is 0 Å². The van der Waals surface area contributed by atoms with E-state index in [-0.39, 0.29) is 17.5 Å². The number of nitrogens with two attached hydrogens (primary N) is 1. The summed E-state index contributed by atoms with van der Waals surface area (Å²) in [5.74, 6) is -0.220. The molecule has 0 bridgehead atoms. The van der Waals surface area contributed by atoms with Crippen molar-refractivity contribution in [2.24, 2.45) is 5.73 Å². The molecule has 188 valence electrons. The van der Waals surface area contributed by atoms with Gasteiger partial charge in [0.2, 0.25) is 5.91 Å². The molecule has 3 heterocycles. The van der Waals surface area contributed by atoms with Crippen LogP contribution < -0.4 is 10.6 Å². The van der Waals surface area contributed by atoms with Gasteiger partial charge in [0, 0.05) is 49.8 Å². The van der Waals surface area contributed by atoms with Gasteiger partial charge >= 0.3 is 0 Å². The molecule has 0 radical (unpaired) electrons. The van der Waals surface area contributed by atoms with E-state index >= 15 is 0 Å². The zero-order valence-corrected chi connectivity index (χ0v) is 20.9. The zero-order chi connectivity index (χ0) is 26.3. The molecule has 0 spiro atoms. The van der Waals surface area contributed by atoms with Crippen molar-refractivity contribution in [2.75, 3.05) is 18.5 Å². The first kappa shape index (κ1) is 24.0. The van der Waals surface area contributed by atoms with Crippen LogP contribution in [0.4, 0.5) is 5.69 Å². The van der Waals surface area contributed by atoms with Crippen LogP contribution in [0.2, 0.25) is 0 Å². The Morgan fingerprint density at radius 3 is 2.32 bits per heavy atom. The maximum atomic E-state index is 13.7. The Labute approximate surface area is 213 Å². The molecule has 5 rings (SSSR count). The molecule has 4 aromatic rings. The fourth-order valence-corrected chi connectivity index (χ4v) is 4.48. The lowest BCUT2D eigenvalue weighted by atomic mass is 10.0. The second-order valence-electron chi connectivity index (χ2n) is 9.10. The van der Waals surface area contributed by atoms with Gasteiger partial charge in [-0.2, -0.15) is 5.10 Å². The van der Waals surface area contributed by atoms with Gasteiger partial charge < -0.3 is 20.1 Å². The number of hydrogen-bond acceptors (Lipinski definition) is 5. The Morgan fingerprint density at radius 2 is 1.68 bits per heavy atom. The number of carbonyl (C=O) groups is 3. The number of carbonyl (C=O) groups excluding carboxylic acids is 3. The van der Waals surface area contributed by atoms with Crippen LogP contribution in [0.25, 0.3) is 11.4 Å². The van der Waals surface area contributed by atoms with E-state index in [0.29, 0.717) is 36.5 Å². The topological polar surface area (TPSA) is 119 Å².